The third-order valence-electron chi connectivity index (χ3n) is 5.12. The lowest BCUT2D eigenvalue weighted by molar-refractivity contribution is -0.116. The van der Waals surface area contributed by atoms with E-state index in [0.29, 0.717) is 13.0 Å². The number of para-hydroxylation sites is 1. The van der Waals surface area contributed by atoms with Crippen LogP contribution in [-0.4, -0.2) is 32.0 Å². The third-order valence-corrected chi connectivity index (χ3v) is 5.12. The second-order valence-corrected chi connectivity index (χ2v) is 7.21. The van der Waals surface area contributed by atoms with Crippen molar-refractivity contribution in [3.8, 4) is 0 Å². The first-order chi connectivity index (χ1) is 13.8. The maximum atomic E-state index is 11.9. The van der Waals surface area contributed by atoms with Crippen LogP contribution < -0.4 is 16.0 Å². The van der Waals surface area contributed by atoms with Crippen LogP contribution in [0, 0.1) is 0 Å². The highest BCUT2D eigenvalue weighted by atomic mass is 127. The molecule has 0 aliphatic carbocycles. The predicted octanol–water partition coefficient (Wildman–Crippen LogP) is 4.31. The molecule has 0 fully saturated rings. The van der Waals surface area contributed by atoms with Crippen LogP contribution in [0.1, 0.15) is 42.7 Å². The van der Waals surface area contributed by atoms with Crippen molar-refractivity contribution in [1.29, 1.82) is 0 Å². The zero-order valence-electron chi connectivity index (χ0n) is 17.0. The van der Waals surface area contributed by atoms with Gasteiger partial charge in [0.05, 0.1) is 0 Å². The van der Waals surface area contributed by atoms with Crippen LogP contribution in [-0.2, 0) is 11.2 Å². The van der Waals surface area contributed by atoms with Crippen molar-refractivity contribution in [2.24, 2.45) is 4.99 Å². The maximum Gasteiger partial charge on any atom is 0.225 e. The first-order valence-electron chi connectivity index (χ1n) is 10.1. The monoisotopic (exact) mass is 506 g/mol. The molecule has 0 spiro atoms. The maximum absolute atomic E-state index is 11.9. The summed E-state index contributed by atoms with van der Waals surface area (Å²) in [5.41, 5.74) is 3.52. The van der Waals surface area contributed by atoms with E-state index in [1.54, 1.807) is 7.05 Å². The van der Waals surface area contributed by atoms with Gasteiger partial charge in [-0.3, -0.25) is 9.79 Å². The number of aliphatic imine (C=N–C) groups is 1. The highest BCUT2D eigenvalue weighted by Crippen LogP contribution is 2.31. The van der Waals surface area contributed by atoms with Crippen molar-refractivity contribution in [3.63, 3.8) is 0 Å². The van der Waals surface area contributed by atoms with Crippen LogP contribution >= 0.6 is 24.0 Å². The molecule has 1 amide bonds. The molecule has 1 aliphatic heterocycles. The van der Waals surface area contributed by atoms with E-state index in [-0.39, 0.29) is 35.8 Å². The van der Waals surface area contributed by atoms with Gasteiger partial charge >= 0.3 is 0 Å². The number of benzene rings is 2. The Labute approximate surface area is 190 Å². The molecule has 3 rings (SSSR count). The smallest absolute Gasteiger partial charge is 0.225 e. The van der Waals surface area contributed by atoms with Crippen LogP contribution in [0.25, 0.3) is 0 Å². The van der Waals surface area contributed by atoms with Crippen LogP contribution in [0.4, 0.5) is 5.69 Å². The van der Waals surface area contributed by atoms with Crippen molar-refractivity contribution in [2.75, 3.05) is 25.5 Å². The van der Waals surface area contributed by atoms with Crippen LogP contribution in [0.3, 0.4) is 0 Å². The van der Waals surface area contributed by atoms with Gasteiger partial charge in [-0.2, -0.15) is 0 Å². The van der Waals surface area contributed by atoms with E-state index in [4.69, 9.17) is 0 Å². The Bertz CT molecular complexity index is 794. The molecule has 29 heavy (non-hydrogen) atoms. The quantitative estimate of drug-likeness (QED) is 0.217. The molecule has 1 aliphatic rings. The molecule has 2 aromatic rings. The van der Waals surface area contributed by atoms with Gasteiger partial charge in [0.1, 0.15) is 0 Å². The number of fused-ring (bicyclic) bond motifs is 1. The Hall–Kier alpha value is -2.09. The van der Waals surface area contributed by atoms with Gasteiger partial charge in [-0.15, -0.1) is 24.0 Å². The minimum atomic E-state index is 0. The molecule has 6 heteroatoms. The number of carbonyl (C=O) groups excluding carboxylic acids is 1. The first-order valence-corrected chi connectivity index (χ1v) is 10.1. The lowest BCUT2D eigenvalue weighted by Gasteiger charge is -2.26. The van der Waals surface area contributed by atoms with E-state index < -0.39 is 0 Å². The fourth-order valence-corrected chi connectivity index (χ4v) is 3.61. The number of carbonyl (C=O) groups is 1. The van der Waals surface area contributed by atoms with Gasteiger partial charge in [-0.1, -0.05) is 55.0 Å². The predicted molar refractivity (Wildman–Crippen MR) is 131 cm³/mol. The normalized spacial score (nSPS) is 15.7. The summed E-state index contributed by atoms with van der Waals surface area (Å²) in [5.74, 6) is 1.03. The summed E-state index contributed by atoms with van der Waals surface area (Å²) in [7, 11) is 1.78. The molecule has 1 atom stereocenters. The topological polar surface area (TPSA) is 65.5 Å². The molecule has 1 unspecified atom stereocenters. The number of rotatable bonds is 8. The summed E-state index contributed by atoms with van der Waals surface area (Å²) in [6, 6.07) is 18.7. The fraction of sp³-hybridized carbons (Fsp3) is 0.391. The molecule has 1 heterocycles. The van der Waals surface area contributed by atoms with E-state index in [2.05, 4.69) is 57.3 Å². The number of unbranched alkanes of at least 4 members (excludes halogenated alkanes) is 2. The molecular formula is C23H31IN4O. The van der Waals surface area contributed by atoms with Gasteiger partial charge in [0, 0.05) is 38.2 Å². The zero-order valence-corrected chi connectivity index (χ0v) is 19.3. The van der Waals surface area contributed by atoms with Crippen molar-refractivity contribution in [1.82, 2.24) is 10.6 Å². The van der Waals surface area contributed by atoms with Gasteiger partial charge in [-0.25, -0.2) is 0 Å². The van der Waals surface area contributed by atoms with E-state index in [0.717, 1.165) is 31.0 Å². The molecule has 0 bridgehead atoms. The number of halogens is 1. The number of anilines is 1. The van der Waals surface area contributed by atoms with Crippen LogP contribution in [0.15, 0.2) is 59.6 Å². The second-order valence-electron chi connectivity index (χ2n) is 7.21. The number of nitrogens with zero attached hydrogens (tertiary/aromatic N) is 1. The number of hydrogen-bond acceptors (Lipinski definition) is 2. The first kappa shape index (κ1) is 23.2. The Balaban J connectivity index is 0.00000300. The third kappa shape index (κ3) is 7.34. The lowest BCUT2D eigenvalue weighted by atomic mass is 9.90. The Morgan fingerprint density at radius 1 is 1.03 bits per heavy atom. The van der Waals surface area contributed by atoms with Crippen molar-refractivity contribution >= 4 is 41.5 Å². The number of nitrogens with one attached hydrogen (secondary N) is 3. The summed E-state index contributed by atoms with van der Waals surface area (Å²) in [6.45, 7) is 1.59. The van der Waals surface area contributed by atoms with E-state index >= 15 is 0 Å². The summed E-state index contributed by atoms with van der Waals surface area (Å²) in [6.07, 6.45) is 5.14. The van der Waals surface area contributed by atoms with Gasteiger partial charge in [0.15, 0.2) is 5.96 Å². The highest BCUT2D eigenvalue weighted by molar-refractivity contribution is 14.0. The van der Waals surface area contributed by atoms with Gasteiger partial charge in [-0.05, 0) is 36.5 Å². The summed E-state index contributed by atoms with van der Waals surface area (Å²) in [5, 5.41) is 9.70. The minimum Gasteiger partial charge on any atom is -0.356 e. The van der Waals surface area contributed by atoms with E-state index in [1.165, 1.54) is 24.0 Å². The molecule has 2 aromatic carbocycles. The number of hydrogen-bond donors (Lipinski definition) is 3. The van der Waals surface area contributed by atoms with E-state index in [1.807, 2.05) is 18.2 Å². The Kier molecular flexibility index (Phi) is 9.97. The fourth-order valence-electron chi connectivity index (χ4n) is 3.61. The standard InChI is InChI=1S/C23H30N4O.HI/c1-24-23(25-15-9-3-6-12-18-10-4-2-5-11-18)26-17-19-16-22(28)27-21-14-8-7-13-20(19)21;/h2,4-5,7-8,10-11,13-14,19H,3,6,9,12,15-17H2,1H3,(H,27,28)(H2,24,25,26);1H. The molecular weight excluding hydrogens is 475 g/mol. The Morgan fingerprint density at radius 3 is 2.59 bits per heavy atom. The SMILES string of the molecule is CN=C(NCCCCCc1ccccc1)NCC1CC(=O)Nc2ccccc21.I. The lowest BCUT2D eigenvalue weighted by Crippen LogP contribution is -2.41. The largest absolute Gasteiger partial charge is 0.356 e. The second kappa shape index (κ2) is 12.5. The van der Waals surface area contributed by atoms with Crippen molar-refractivity contribution < 1.29 is 4.79 Å². The molecule has 0 saturated heterocycles. The van der Waals surface area contributed by atoms with Crippen molar-refractivity contribution in [2.45, 2.75) is 38.0 Å². The number of aryl methyl sites for hydroxylation is 1. The molecule has 3 N–H and O–H groups in total. The zero-order chi connectivity index (χ0) is 19.6. The minimum absolute atomic E-state index is 0. The molecule has 156 valence electrons. The molecule has 0 radical (unpaired) electrons. The van der Waals surface area contributed by atoms with Gasteiger partial charge < -0.3 is 16.0 Å². The summed E-state index contributed by atoms with van der Waals surface area (Å²) >= 11 is 0. The van der Waals surface area contributed by atoms with Gasteiger partial charge in [0.2, 0.25) is 5.91 Å². The van der Waals surface area contributed by atoms with E-state index in [9.17, 15) is 4.79 Å². The highest BCUT2D eigenvalue weighted by Gasteiger charge is 2.24. The summed E-state index contributed by atoms with van der Waals surface area (Å²) in [4.78, 5) is 16.2. The summed E-state index contributed by atoms with van der Waals surface area (Å²) < 4.78 is 0. The van der Waals surface area contributed by atoms with Crippen LogP contribution in [0.5, 0.6) is 0 Å². The molecule has 0 aromatic heterocycles. The molecule has 5 nitrogen and oxygen atoms in total. The average molecular weight is 506 g/mol. The number of amides is 1. The average Bonchev–Trinajstić information content (AvgIpc) is 2.73. The van der Waals surface area contributed by atoms with Crippen LogP contribution in [0.2, 0.25) is 0 Å². The number of guanidine groups is 1. The van der Waals surface area contributed by atoms with Crippen molar-refractivity contribution in [3.05, 3.63) is 65.7 Å². The molecule has 0 saturated carbocycles. The Morgan fingerprint density at radius 2 is 1.79 bits per heavy atom. The van der Waals surface area contributed by atoms with Gasteiger partial charge in [0.25, 0.3) is 0 Å².